The van der Waals surface area contributed by atoms with Gasteiger partial charge < -0.3 is 10.1 Å². The molecule has 0 saturated heterocycles. The van der Waals surface area contributed by atoms with Gasteiger partial charge in [-0.2, -0.15) is 5.10 Å². The summed E-state index contributed by atoms with van der Waals surface area (Å²) in [5, 5.41) is 8.98. The van der Waals surface area contributed by atoms with Crippen LogP contribution in [0.25, 0.3) is 0 Å². The van der Waals surface area contributed by atoms with Crippen LogP contribution in [0.2, 0.25) is 0 Å². The second-order valence-electron chi connectivity index (χ2n) is 4.33. The molecule has 21 heavy (non-hydrogen) atoms. The van der Waals surface area contributed by atoms with Gasteiger partial charge in [0.05, 0.1) is 19.1 Å². The van der Waals surface area contributed by atoms with Crippen LogP contribution < -0.4 is 5.32 Å². The Labute approximate surface area is 120 Å². The molecule has 2 rings (SSSR count). The van der Waals surface area contributed by atoms with E-state index in [1.807, 2.05) is 0 Å². The van der Waals surface area contributed by atoms with E-state index in [2.05, 4.69) is 20.3 Å². The molecule has 6 nitrogen and oxygen atoms in total. The van der Waals surface area contributed by atoms with Crippen LogP contribution in [-0.4, -0.2) is 29.2 Å². The average Bonchev–Trinajstić information content (AvgIpc) is 2.98. The van der Waals surface area contributed by atoms with Crippen molar-refractivity contribution in [3.8, 4) is 0 Å². The number of methoxy groups -OCH3 is 1. The van der Waals surface area contributed by atoms with Crippen LogP contribution in [0.5, 0.6) is 0 Å². The highest BCUT2D eigenvalue weighted by Crippen LogP contribution is 2.11. The van der Waals surface area contributed by atoms with Crippen molar-refractivity contribution in [3.05, 3.63) is 53.1 Å². The van der Waals surface area contributed by atoms with E-state index in [4.69, 9.17) is 0 Å². The molecule has 1 aromatic carbocycles. The van der Waals surface area contributed by atoms with Crippen LogP contribution in [0.1, 0.15) is 21.6 Å². The zero-order valence-electron chi connectivity index (χ0n) is 11.4. The Kier molecular flexibility index (Phi) is 4.65. The van der Waals surface area contributed by atoms with Gasteiger partial charge in [-0.3, -0.25) is 9.89 Å². The lowest BCUT2D eigenvalue weighted by atomic mass is 10.1. The Morgan fingerprint density at radius 2 is 2.19 bits per heavy atom. The number of amides is 1. The van der Waals surface area contributed by atoms with Gasteiger partial charge in [-0.1, -0.05) is 0 Å². The summed E-state index contributed by atoms with van der Waals surface area (Å²) in [5.41, 5.74) is 1.11. The molecule has 0 fully saturated rings. The molecule has 2 aromatic rings. The average molecular weight is 291 g/mol. The molecule has 7 heteroatoms. The largest absolute Gasteiger partial charge is 0.465 e. The highest BCUT2D eigenvalue weighted by Gasteiger charge is 2.11. The number of hydrogen-bond donors (Lipinski definition) is 2. The monoisotopic (exact) mass is 291 g/mol. The summed E-state index contributed by atoms with van der Waals surface area (Å²) in [4.78, 5) is 23.1. The molecule has 0 spiro atoms. The zero-order valence-corrected chi connectivity index (χ0v) is 11.4. The molecular formula is C14H14FN3O3. The number of halogens is 1. The summed E-state index contributed by atoms with van der Waals surface area (Å²) < 4.78 is 18.2. The third kappa shape index (κ3) is 3.88. The van der Waals surface area contributed by atoms with Crippen LogP contribution in [0.3, 0.4) is 0 Å². The summed E-state index contributed by atoms with van der Waals surface area (Å²) in [7, 11) is 1.25. The zero-order chi connectivity index (χ0) is 15.2. The van der Waals surface area contributed by atoms with Gasteiger partial charge in [0.1, 0.15) is 5.82 Å². The van der Waals surface area contributed by atoms with Crippen molar-refractivity contribution >= 4 is 11.9 Å². The highest BCUT2D eigenvalue weighted by atomic mass is 19.1. The van der Waals surface area contributed by atoms with Crippen LogP contribution in [-0.2, 0) is 22.5 Å². The molecule has 1 aromatic heterocycles. The van der Waals surface area contributed by atoms with Crippen molar-refractivity contribution < 1.29 is 18.7 Å². The number of rotatable bonds is 5. The van der Waals surface area contributed by atoms with Gasteiger partial charge in [0.2, 0.25) is 5.91 Å². The van der Waals surface area contributed by atoms with Gasteiger partial charge in [0.25, 0.3) is 0 Å². The predicted octanol–water partition coefficient (Wildman–Crippen LogP) is 1.19. The molecule has 0 bridgehead atoms. The number of benzene rings is 1. The Hall–Kier alpha value is -2.70. The molecule has 0 aliphatic rings. The third-order valence-corrected chi connectivity index (χ3v) is 2.85. The molecule has 1 heterocycles. The summed E-state index contributed by atoms with van der Waals surface area (Å²) in [6.45, 7) is -0.0103. The maximum absolute atomic E-state index is 13.6. The van der Waals surface area contributed by atoms with Gasteiger partial charge in [0, 0.05) is 24.0 Å². The van der Waals surface area contributed by atoms with Crippen molar-refractivity contribution in [1.29, 1.82) is 0 Å². The van der Waals surface area contributed by atoms with Crippen molar-refractivity contribution in [2.45, 2.75) is 13.0 Å². The smallest absolute Gasteiger partial charge is 0.337 e. The summed E-state index contributed by atoms with van der Waals surface area (Å²) in [6.07, 6.45) is 1.67. The molecule has 0 atom stereocenters. The van der Waals surface area contributed by atoms with Crippen LogP contribution in [0.4, 0.5) is 4.39 Å². The van der Waals surface area contributed by atoms with Gasteiger partial charge in [-0.25, -0.2) is 9.18 Å². The first-order chi connectivity index (χ1) is 10.1. The number of esters is 1. The summed E-state index contributed by atoms with van der Waals surface area (Å²) in [6, 6.07) is 5.54. The lowest BCUT2D eigenvalue weighted by molar-refractivity contribution is -0.120. The number of aromatic nitrogens is 2. The molecule has 0 unspecified atom stereocenters. The number of nitrogens with zero attached hydrogens (tertiary/aromatic N) is 1. The fourth-order valence-electron chi connectivity index (χ4n) is 1.77. The number of aromatic amines is 1. The number of carbonyl (C=O) groups excluding carboxylic acids is 2. The highest BCUT2D eigenvalue weighted by molar-refractivity contribution is 5.89. The van der Waals surface area contributed by atoms with Crippen molar-refractivity contribution in [2.24, 2.45) is 0 Å². The van der Waals surface area contributed by atoms with Crippen LogP contribution in [0.15, 0.2) is 30.5 Å². The fraction of sp³-hybridized carbons (Fsp3) is 0.214. The van der Waals surface area contributed by atoms with Gasteiger partial charge in [-0.15, -0.1) is 0 Å². The maximum Gasteiger partial charge on any atom is 0.337 e. The van der Waals surface area contributed by atoms with E-state index in [0.717, 1.165) is 0 Å². The number of hydrogen-bond acceptors (Lipinski definition) is 4. The minimum absolute atomic E-state index is 0.0103. The first-order valence-corrected chi connectivity index (χ1v) is 6.22. The molecule has 1 amide bonds. The van der Waals surface area contributed by atoms with Gasteiger partial charge in [0.15, 0.2) is 0 Å². The topological polar surface area (TPSA) is 84.1 Å². The van der Waals surface area contributed by atoms with Gasteiger partial charge in [-0.05, 0) is 24.3 Å². The van der Waals surface area contributed by atoms with E-state index in [9.17, 15) is 14.0 Å². The van der Waals surface area contributed by atoms with Crippen molar-refractivity contribution in [2.75, 3.05) is 7.11 Å². The predicted molar refractivity (Wildman–Crippen MR) is 71.9 cm³/mol. The minimum Gasteiger partial charge on any atom is -0.465 e. The van der Waals surface area contributed by atoms with E-state index in [1.54, 1.807) is 12.3 Å². The Morgan fingerprint density at radius 3 is 2.86 bits per heavy atom. The number of H-pyrrole nitrogens is 1. The SMILES string of the molecule is COC(=O)c1ccc(F)c(CNC(=O)Cc2ccn[nH]2)c1. The summed E-state index contributed by atoms with van der Waals surface area (Å²) >= 11 is 0. The lowest BCUT2D eigenvalue weighted by Crippen LogP contribution is -2.25. The van der Waals surface area contributed by atoms with E-state index >= 15 is 0 Å². The standard InChI is InChI=1S/C14H14FN3O3/c1-21-14(20)9-2-3-12(15)10(6-9)8-16-13(19)7-11-4-5-17-18-11/h2-6H,7-8H2,1H3,(H,16,19)(H,17,18). The number of carbonyl (C=O) groups is 2. The van der Waals surface area contributed by atoms with Crippen LogP contribution >= 0.6 is 0 Å². The molecule has 0 aliphatic heterocycles. The van der Waals surface area contributed by atoms with E-state index in [0.29, 0.717) is 5.69 Å². The quantitative estimate of drug-likeness (QED) is 0.811. The molecule has 0 saturated carbocycles. The number of nitrogens with one attached hydrogen (secondary N) is 2. The first kappa shape index (κ1) is 14.7. The lowest BCUT2D eigenvalue weighted by Gasteiger charge is -2.07. The normalized spacial score (nSPS) is 10.2. The second-order valence-corrected chi connectivity index (χ2v) is 4.33. The minimum atomic E-state index is -0.556. The Morgan fingerprint density at radius 1 is 1.38 bits per heavy atom. The van der Waals surface area contributed by atoms with Crippen molar-refractivity contribution in [3.63, 3.8) is 0 Å². The second kappa shape index (κ2) is 6.65. The van der Waals surface area contributed by atoms with Crippen molar-refractivity contribution in [1.82, 2.24) is 15.5 Å². The molecular weight excluding hydrogens is 277 g/mol. The Bertz CT molecular complexity index is 641. The molecule has 0 aliphatic carbocycles. The van der Waals surface area contributed by atoms with E-state index < -0.39 is 11.8 Å². The third-order valence-electron chi connectivity index (χ3n) is 2.85. The number of ether oxygens (including phenoxy) is 1. The first-order valence-electron chi connectivity index (χ1n) is 6.22. The van der Waals surface area contributed by atoms with Crippen LogP contribution in [0, 0.1) is 5.82 Å². The molecule has 2 N–H and O–H groups in total. The van der Waals surface area contributed by atoms with Gasteiger partial charge >= 0.3 is 5.97 Å². The summed E-state index contributed by atoms with van der Waals surface area (Å²) in [5.74, 6) is -1.33. The molecule has 0 radical (unpaired) electrons. The van der Waals surface area contributed by atoms with E-state index in [-0.39, 0.29) is 30.0 Å². The Balaban J connectivity index is 1.99. The maximum atomic E-state index is 13.6. The fourth-order valence-corrected chi connectivity index (χ4v) is 1.77. The molecule has 110 valence electrons. The van der Waals surface area contributed by atoms with E-state index in [1.165, 1.54) is 25.3 Å².